The summed E-state index contributed by atoms with van der Waals surface area (Å²) in [6.45, 7) is 2.21. The van der Waals surface area contributed by atoms with E-state index in [2.05, 4.69) is 25.2 Å². The molecule has 2 atom stereocenters. The third-order valence-electron chi connectivity index (χ3n) is 3.58. The summed E-state index contributed by atoms with van der Waals surface area (Å²) in [6, 6.07) is 0. The summed E-state index contributed by atoms with van der Waals surface area (Å²) in [5, 5.41) is 0. The van der Waals surface area contributed by atoms with Gasteiger partial charge in [-0.2, -0.15) is 0 Å². The van der Waals surface area contributed by atoms with Gasteiger partial charge in [0.15, 0.2) is 0 Å². The maximum Gasteiger partial charge on any atom is 0.0131 e. The molecule has 2 rings (SSSR count). The van der Waals surface area contributed by atoms with Crippen LogP contribution in [-0.4, -0.2) is 5.54 Å². The van der Waals surface area contributed by atoms with Crippen LogP contribution >= 0.6 is 0 Å². The van der Waals surface area contributed by atoms with E-state index in [0.29, 0.717) is 0 Å². The van der Waals surface area contributed by atoms with E-state index in [-0.39, 0.29) is 5.54 Å². The van der Waals surface area contributed by atoms with Crippen molar-refractivity contribution in [2.75, 3.05) is 0 Å². The van der Waals surface area contributed by atoms with Crippen LogP contribution in [0.4, 0.5) is 0 Å². The number of hydrogen-bond acceptors (Lipinski definition) is 1. The minimum atomic E-state index is 0.0882. The Bertz CT molecular complexity index is 260. The van der Waals surface area contributed by atoms with E-state index < -0.39 is 0 Å². The summed E-state index contributed by atoms with van der Waals surface area (Å²) in [5.74, 6) is 0.767. The predicted molar refractivity (Wildman–Crippen MR) is 61.0 cm³/mol. The van der Waals surface area contributed by atoms with Gasteiger partial charge in [-0.15, -0.1) is 0 Å². The van der Waals surface area contributed by atoms with Gasteiger partial charge in [0.25, 0.3) is 0 Å². The highest BCUT2D eigenvalue weighted by Gasteiger charge is 2.29. The minimum absolute atomic E-state index is 0.0882. The molecule has 0 aromatic heterocycles. The zero-order valence-electron chi connectivity index (χ0n) is 9.13. The molecule has 14 heavy (non-hydrogen) atoms. The fourth-order valence-corrected chi connectivity index (χ4v) is 2.80. The average Bonchev–Trinajstić information content (AvgIpc) is 2.18. The molecule has 1 heteroatoms. The van der Waals surface area contributed by atoms with Gasteiger partial charge in [-0.25, -0.2) is 0 Å². The first kappa shape index (κ1) is 9.97. The monoisotopic (exact) mass is 191 g/mol. The van der Waals surface area contributed by atoms with E-state index >= 15 is 0 Å². The van der Waals surface area contributed by atoms with Gasteiger partial charge in [-0.05, 0) is 44.9 Å². The number of allylic oxidation sites excluding steroid dienone is 4. The molecule has 1 nitrogen and oxygen atoms in total. The molecule has 0 saturated heterocycles. The molecule has 1 saturated carbocycles. The van der Waals surface area contributed by atoms with Gasteiger partial charge in [0, 0.05) is 5.54 Å². The molecular formula is C13H21N. The maximum atomic E-state index is 6.23. The van der Waals surface area contributed by atoms with Crippen molar-refractivity contribution in [1.82, 2.24) is 0 Å². The Morgan fingerprint density at radius 3 is 3.00 bits per heavy atom. The highest BCUT2D eigenvalue weighted by molar-refractivity contribution is 5.21. The lowest BCUT2D eigenvalue weighted by Crippen LogP contribution is -2.41. The van der Waals surface area contributed by atoms with Crippen LogP contribution in [0, 0.1) is 5.92 Å². The Hall–Kier alpha value is -0.560. The lowest BCUT2D eigenvalue weighted by Gasteiger charge is -2.36. The van der Waals surface area contributed by atoms with Crippen molar-refractivity contribution in [3.63, 3.8) is 0 Å². The van der Waals surface area contributed by atoms with Gasteiger partial charge in [-0.1, -0.05) is 30.2 Å². The van der Waals surface area contributed by atoms with Crippen molar-refractivity contribution in [3.8, 4) is 0 Å². The van der Waals surface area contributed by atoms with Crippen LogP contribution in [0.25, 0.3) is 0 Å². The molecule has 2 aliphatic carbocycles. The lowest BCUT2D eigenvalue weighted by atomic mass is 9.73. The van der Waals surface area contributed by atoms with E-state index in [9.17, 15) is 0 Å². The Kier molecular flexibility index (Phi) is 2.78. The molecular weight excluding hydrogens is 170 g/mol. The maximum absolute atomic E-state index is 6.23. The molecule has 2 aliphatic rings. The van der Waals surface area contributed by atoms with Crippen molar-refractivity contribution in [2.24, 2.45) is 11.7 Å². The molecule has 78 valence electrons. The SMILES string of the molecule is CC1(N)CCCC(C2=CC=CCC2)C1. The zero-order chi connectivity index (χ0) is 10.0. The fourth-order valence-electron chi connectivity index (χ4n) is 2.80. The summed E-state index contributed by atoms with van der Waals surface area (Å²) in [6.07, 6.45) is 14.3. The Balaban J connectivity index is 2.03. The molecule has 0 radical (unpaired) electrons. The Morgan fingerprint density at radius 2 is 2.36 bits per heavy atom. The third kappa shape index (κ3) is 2.27. The largest absolute Gasteiger partial charge is 0.325 e. The molecule has 2 N–H and O–H groups in total. The molecule has 0 amide bonds. The van der Waals surface area contributed by atoms with Crippen LogP contribution in [0.1, 0.15) is 45.4 Å². The van der Waals surface area contributed by atoms with Crippen molar-refractivity contribution >= 4 is 0 Å². The first-order valence-corrected chi connectivity index (χ1v) is 5.82. The Labute approximate surface area is 87.1 Å². The van der Waals surface area contributed by atoms with Crippen molar-refractivity contribution in [3.05, 3.63) is 23.8 Å². The van der Waals surface area contributed by atoms with E-state index in [1.165, 1.54) is 38.5 Å². The third-order valence-corrected chi connectivity index (χ3v) is 3.58. The van der Waals surface area contributed by atoms with Crippen LogP contribution in [0.5, 0.6) is 0 Å². The van der Waals surface area contributed by atoms with E-state index in [4.69, 9.17) is 5.73 Å². The standard InChI is InChI=1S/C13H21N/c1-13(14)9-5-8-12(10-13)11-6-3-2-4-7-11/h2-3,6,12H,4-5,7-10,14H2,1H3. The minimum Gasteiger partial charge on any atom is -0.325 e. The van der Waals surface area contributed by atoms with Crippen LogP contribution in [0.15, 0.2) is 23.8 Å². The second kappa shape index (κ2) is 3.90. The Morgan fingerprint density at radius 1 is 1.50 bits per heavy atom. The summed E-state index contributed by atoms with van der Waals surface area (Å²) in [4.78, 5) is 0. The first-order chi connectivity index (χ1) is 6.67. The highest BCUT2D eigenvalue weighted by atomic mass is 14.7. The second-order valence-corrected chi connectivity index (χ2v) is 5.16. The lowest BCUT2D eigenvalue weighted by molar-refractivity contribution is 0.263. The average molecular weight is 191 g/mol. The van der Waals surface area contributed by atoms with E-state index in [1.54, 1.807) is 5.57 Å². The van der Waals surface area contributed by atoms with E-state index in [0.717, 1.165) is 5.92 Å². The molecule has 1 fully saturated rings. The molecule has 0 bridgehead atoms. The first-order valence-electron chi connectivity index (χ1n) is 5.82. The highest BCUT2D eigenvalue weighted by Crippen LogP contribution is 2.37. The molecule has 2 unspecified atom stereocenters. The van der Waals surface area contributed by atoms with Crippen molar-refractivity contribution in [1.29, 1.82) is 0 Å². The summed E-state index contributed by atoms with van der Waals surface area (Å²) in [5.41, 5.74) is 7.96. The zero-order valence-corrected chi connectivity index (χ0v) is 9.13. The van der Waals surface area contributed by atoms with Gasteiger partial charge < -0.3 is 5.73 Å². The quantitative estimate of drug-likeness (QED) is 0.677. The van der Waals surface area contributed by atoms with Crippen LogP contribution in [-0.2, 0) is 0 Å². The summed E-state index contributed by atoms with van der Waals surface area (Å²) < 4.78 is 0. The van der Waals surface area contributed by atoms with Gasteiger partial charge >= 0.3 is 0 Å². The van der Waals surface area contributed by atoms with Gasteiger partial charge in [0.05, 0.1) is 0 Å². The van der Waals surface area contributed by atoms with Gasteiger partial charge in [0.1, 0.15) is 0 Å². The molecule has 0 heterocycles. The molecule has 0 aromatic carbocycles. The van der Waals surface area contributed by atoms with Crippen molar-refractivity contribution in [2.45, 2.75) is 51.0 Å². The number of nitrogens with two attached hydrogens (primary N) is 1. The second-order valence-electron chi connectivity index (χ2n) is 5.16. The molecule has 0 aromatic rings. The fraction of sp³-hybridized carbons (Fsp3) is 0.692. The smallest absolute Gasteiger partial charge is 0.0131 e. The summed E-state index contributed by atoms with van der Waals surface area (Å²) in [7, 11) is 0. The number of rotatable bonds is 1. The number of hydrogen-bond donors (Lipinski definition) is 1. The van der Waals surface area contributed by atoms with E-state index in [1.807, 2.05) is 0 Å². The normalized spacial score (nSPS) is 38.1. The van der Waals surface area contributed by atoms with Crippen LogP contribution in [0.3, 0.4) is 0 Å². The van der Waals surface area contributed by atoms with Gasteiger partial charge in [-0.3, -0.25) is 0 Å². The van der Waals surface area contributed by atoms with Crippen LogP contribution in [0.2, 0.25) is 0 Å². The van der Waals surface area contributed by atoms with Crippen molar-refractivity contribution < 1.29 is 0 Å². The molecule has 0 spiro atoms. The topological polar surface area (TPSA) is 26.0 Å². The molecule has 0 aliphatic heterocycles. The predicted octanol–water partition coefficient (Wildman–Crippen LogP) is 3.17. The van der Waals surface area contributed by atoms with Crippen LogP contribution < -0.4 is 5.73 Å². The van der Waals surface area contributed by atoms with Gasteiger partial charge in [0.2, 0.25) is 0 Å². The summed E-state index contributed by atoms with van der Waals surface area (Å²) >= 11 is 0.